The van der Waals surface area contributed by atoms with Gasteiger partial charge in [0, 0.05) is 29.5 Å². The largest absolute Gasteiger partial charge is 0.378 e. The maximum absolute atomic E-state index is 11.6. The van der Waals surface area contributed by atoms with Crippen LogP contribution in [-0.4, -0.2) is 23.6 Å². The molecule has 2 N–H and O–H groups in total. The van der Waals surface area contributed by atoms with Crippen LogP contribution in [0.25, 0.3) is 0 Å². The number of nitrogens with zero attached hydrogens (tertiary/aromatic N) is 1. The molecule has 21 heavy (non-hydrogen) atoms. The van der Waals surface area contributed by atoms with Crippen LogP contribution in [0, 0.1) is 5.92 Å². The normalized spacial score (nSPS) is 21.7. The number of fused-ring (bicyclic) bond motifs is 1. The number of hydrogen-bond acceptors (Lipinski definition) is 3. The van der Waals surface area contributed by atoms with Gasteiger partial charge in [0.15, 0.2) is 6.10 Å². The molecule has 3 rings (SSSR count). The minimum absolute atomic E-state index is 0.321. The van der Waals surface area contributed by atoms with Gasteiger partial charge in [-0.2, -0.15) is 0 Å². The number of carbonyl (C=O) groups excluding carboxylic acids is 1. The van der Waals surface area contributed by atoms with E-state index in [1.165, 1.54) is 25.7 Å². The molecule has 1 saturated carbocycles. The van der Waals surface area contributed by atoms with E-state index >= 15 is 0 Å². The van der Waals surface area contributed by atoms with Crippen molar-refractivity contribution >= 4 is 17.3 Å². The molecule has 1 aliphatic heterocycles. The molecular weight excluding hydrogens is 264 g/mol. The summed E-state index contributed by atoms with van der Waals surface area (Å²) >= 11 is 0. The fourth-order valence-electron chi connectivity index (χ4n) is 3.49. The first-order chi connectivity index (χ1) is 10.1. The third-order valence-corrected chi connectivity index (χ3v) is 4.50. The second-order valence-electron chi connectivity index (χ2n) is 6.65. The molecule has 4 nitrogen and oxygen atoms in total. The molecule has 114 valence electrons. The summed E-state index contributed by atoms with van der Waals surface area (Å²) in [7, 11) is 0. The highest BCUT2D eigenvalue weighted by atomic mass is 16.3. The van der Waals surface area contributed by atoms with Crippen molar-refractivity contribution in [3.05, 3.63) is 23.8 Å². The maximum Gasteiger partial charge on any atom is 0.257 e. The first-order valence-corrected chi connectivity index (χ1v) is 7.96. The first kappa shape index (κ1) is 14.4. The van der Waals surface area contributed by atoms with Crippen LogP contribution in [0.3, 0.4) is 0 Å². The second kappa shape index (κ2) is 5.68. The van der Waals surface area contributed by atoms with Gasteiger partial charge in [0.05, 0.1) is 0 Å². The van der Waals surface area contributed by atoms with E-state index in [1.54, 1.807) is 0 Å². The molecule has 2 aliphatic rings. The number of aliphatic hydroxyl groups excluding tert-OH is 1. The van der Waals surface area contributed by atoms with E-state index in [-0.39, 0.29) is 5.91 Å². The van der Waals surface area contributed by atoms with Crippen LogP contribution in [0.5, 0.6) is 0 Å². The van der Waals surface area contributed by atoms with E-state index in [1.807, 2.05) is 18.2 Å². The standard InChI is InChI=1S/C17H24N2O2/c1-11(2)10-19(12-5-3-4-6-12)13-7-8-14-15(9-13)18-17(21)16(14)20/h7-9,11-12,16,20H,3-6,10H2,1-2H3,(H,18,21). The van der Waals surface area contributed by atoms with E-state index in [9.17, 15) is 9.90 Å². The van der Waals surface area contributed by atoms with E-state index in [4.69, 9.17) is 0 Å². The SMILES string of the molecule is CC(C)CN(c1ccc2c(c1)NC(=O)C2O)C1CCCC1. The van der Waals surface area contributed by atoms with Crippen molar-refractivity contribution in [2.75, 3.05) is 16.8 Å². The molecule has 1 heterocycles. The Morgan fingerprint density at radius 2 is 2.05 bits per heavy atom. The topological polar surface area (TPSA) is 52.6 Å². The number of carbonyl (C=O) groups is 1. The van der Waals surface area contributed by atoms with Gasteiger partial charge in [0.2, 0.25) is 0 Å². The zero-order valence-electron chi connectivity index (χ0n) is 12.8. The number of hydrogen-bond donors (Lipinski definition) is 2. The number of amides is 1. The van der Waals surface area contributed by atoms with Crippen molar-refractivity contribution in [2.24, 2.45) is 5.92 Å². The lowest BCUT2D eigenvalue weighted by molar-refractivity contribution is -0.123. The maximum atomic E-state index is 11.6. The van der Waals surface area contributed by atoms with Gasteiger partial charge in [-0.3, -0.25) is 4.79 Å². The lowest BCUT2D eigenvalue weighted by Gasteiger charge is -2.33. The van der Waals surface area contributed by atoms with E-state index in [0.717, 1.165) is 17.9 Å². The number of anilines is 2. The summed E-state index contributed by atoms with van der Waals surface area (Å²) in [6, 6.07) is 6.55. The summed E-state index contributed by atoms with van der Waals surface area (Å²) in [5.41, 5.74) is 2.61. The van der Waals surface area contributed by atoms with Crippen LogP contribution < -0.4 is 10.2 Å². The third kappa shape index (κ3) is 2.77. The molecule has 1 fully saturated rings. The van der Waals surface area contributed by atoms with Gasteiger partial charge in [-0.15, -0.1) is 0 Å². The molecule has 1 aliphatic carbocycles. The van der Waals surface area contributed by atoms with Gasteiger partial charge in [-0.05, 0) is 30.9 Å². The molecule has 0 saturated heterocycles. The van der Waals surface area contributed by atoms with Gasteiger partial charge < -0.3 is 15.3 Å². The Morgan fingerprint density at radius 1 is 1.33 bits per heavy atom. The molecule has 1 atom stereocenters. The Kier molecular flexibility index (Phi) is 3.89. The Labute approximate surface area is 126 Å². The van der Waals surface area contributed by atoms with Crippen molar-refractivity contribution in [1.82, 2.24) is 0 Å². The molecule has 1 aromatic carbocycles. The van der Waals surface area contributed by atoms with Crippen molar-refractivity contribution in [3.63, 3.8) is 0 Å². The van der Waals surface area contributed by atoms with Gasteiger partial charge in [-0.1, -0.05) is 32.8 Å². The molecule has 0 aromatic heterocycles. The molecule has 0 radical (unpaired) electrons. The number of benzene rings is 1. The molecule has 0 bridgehead atoms. The predicted molar refractivity (Wildman–Crippen MR) is 84.5 cm³/mol. The first-order valence-electron chi connectivity index (χ1n) is 7.96. The second-order valence-corrected chi connectivity index (χ2v) is 6.65. The van der Waals surface area contributed by atoms with Crippen LogP contribution in [-0.2, 0) is 4.79 Å². The van der Waals surface area contributed by atoms with Crippen molar-refractivity contribution in [2.45, 2.75) is 51.7 Å². The van der Waals surface area contributed by atoms with Crippen molar-refractivity contribution in [3.8, 4) is 0 Å². The molecule has 1 aromatic rings. The fraction of sp³-hybridized carbons (Fsp3) is 0.588. The number of aliphatic hydroxyl groups is 1. The summed E-state index contributed by atoms with van der Waals surface area (Å²) in [4.78, 5) is 14.1. The van der Waals surface area contributed by atoms with Gasteiger partial charge >= 0.3 is 0 Å². The highest BCUT2D eigenvalue weighted by molar-refractivity contribution is 6.02. The molecule has 1 amide bonds. The van der Waals surface area contributed by atoms with Crippen LogP contribution >= 0.6 is 0 Å². The summed E-state index contributed by atoms with van der Waals surface area (Å²) in [6.07, 6.45) is 4.09. The van der Waals surface area contributed by atoms with E-state index in [2.05, 4.69) is 24.1 Å². The summed E-state index contributed by atoms with van der Waals surface area (Å²) in [5.74, 6) is 0.275. The Morgan fingerprint density at radius 3 is 2.71 bits per heavy atom. The molecular formula is C17H24N2O2. The molecule has 1 unspecified atom stereocenters. The highest BCUT2D eigenvalue weighted by Crippen LogP contribution is 2.36. The fourth-order valence-corrected chi connectivity index (χ4v) is 3.49. The smallest absolute Gasteiger partial charge is 0.257 e. The van der Waals surface area contributed by atoms with Crippen LogP contribution in [0.1, 0.15) is 51.2 Å². The lowest BCUT2D eigenvalue weighted by atomic mass is 10.1. The number of rotatable bonds is 4. The Balaban J connectivity index is 1.89. The summed E-state index contributed by atoms with van der Waals surface area (Å²) in [6.45, 7) is 5.50. The van der Waals surface area contributed by atoms with Crippen LogP contribution in [0.2, 0.25) is 0 Å². The minimum Gasteiger partial charge on any atom is -0.378 e. The Hall–Kier alpha value is -1.55. The van der Waals surface area contributed by atoms with Gasteiger partial charge in [0.1, 0.15) is 0 Å². The Bertz CT molecular complexity index is 536. The average molecular weight is 288 g/mol. The monoisotopic (exact) mass is 288 g/mol. The average Bonchev–Trinajstić information content (AvgIpc) is 3.05. The van der Waals surface area contributed by atoms with Gasteiger partial charge in [0.25, 0.3) is 5.91 Å². The minimum atomic E-state index is -1.01. The predicted octanol–water partition coefficient (Wildman–Crippen LogP) is 3.08. The van der Waals surface area contributed by atoms with Crippen LogP contribution in [0.4, 0.5) is 11.4 Å². The zero-order chi connectivity index (χ0) is 15.0. The third-order valence-electron chi connectivity index (χ3n) is 4.50. The lowest BCUT2D eigenvalue weighted by Crippen LogP contribution is -2.36. The summed E-state index contributed by atoms with van der Waals surface area (Å²) < 4.78 is 0. The van der Waals surface area contributed by atoms with E-state index in [0.29, 0.717) is 17.5 Å². The van der Waals surface area contributed by atoms with E-state index < -0.39 is 6.10 Å². The summed E-state index contributed by atoms with van der Waals surface area (Å²) in [5, 5.41) is 12.6. The zero-order valence-corrected chi connectivity index (χ0v) is 12.8. The van der Waals surface area contributed by atoms with Gasteiger partial charge in [-0.25, -0.2) is 0 Å². The molecule has 4 heteroatoms. The quantitative estimate of drug-likeness (QED) is 0.895. The highest BCUT2D eigenvalue weighted by Gasteiger charge is 2.30. The van der Waals surface area contributed by atoms with Crippen molar-refractivity contribution in [1.29, 1.82) is 0 Å². The number of nitrogens with one attached hydrogen (secondary N) is 1. The van der Waals surface area contributed by atoms with Crippen molar-refractivity contribution < 1.29 is 9.90 Å². The van der Waals surface area contributed by atoms with Crippen LogP contribution in [0.15, 0.2) is 18.2 Å². The molecule has 0 spiro atoms.